The Labute approximate surface area is 163 Å². The van der Waals surface area contributed by atoms with E-state index in [1.807, 2.05) is 12.1 Å². The van der Waals surface area contributed by atoms with Crippen LogP contribution in [0.4, 0.5) is 0 Å². The lowest BCUT2D eigenvalue weighted by atomic mass is 10.1. The normalized spacial score (nSPS) is 11.3. The molecule has 2 aromatic heterocycles. The van der Waals surface area contributed by atoms with Gasteiger partial charge in [0.15, 0.2) is 22.4 Å². The number of nitrogens with one attached hydrogen (secondary N) is 1. The van der Waals surface area contributed by atoms with E-state index in [9.17, 15) is 14.7 Å². The monoisotopic (exact) mass is 385 g/mol. The first-order chi connectivity index (χ1) is 14.0. The van der Waals surface area contributed by atoms with Crippen LogP contribution in [0.2, 0.25) is 0 Å². The van der Waals surface area contributed by atoms with Crippen LogP contribution in [0.3, 0.4) is 0 Å². The van der Waals surface area contributed by atoms with E-state index in [0.717, 1.165) is 0 Å². The highest BCUT2D eigenvalue weighted by molar-refractivity contribution is 5.99. The zero-order valence-corrected chi connectivity index (χ0v) is 15.4. The van der Waals surface area contributed by atoms with Gasteiger partial charge in [-0.25, -0.2) is 0 Å². The molecule has 5 rings (SSSR count). The topological polar surface area (TPSA) is 92.5 Å². The van der Waals surface area contributed by atoms with Crippen LogP contribution < -0.4 is 15.6 Å². The van der Waals surface area contributed by atoms with Crippen LogP contribution in [0.5, 0.6) is 11.5 Å². The first-order valence-corrected chi connectivity index (χ1v) is 8.95. The van der Waals surface area contributed by atoms with Crippen LogP contribution in [0.25, 0.3) is 44.1 Å². The van der Waals surface area contributed by atoms with Crippen LogP contribution in [0.1, 0.15) is 0 Å². The molecule has 0 unspecified atom stereocenters. The molecule has 0 saturated heterocycles. The molecule has 0 saturated carbocycles. The van der Waals surface area contributed by atoms with E-state index in [-0.39, 0.29) is 22.4 Å². The zero-order valence-electron chi connectivity index (χ0n) is 15.4. The van der Waals surface area contributed by atoms with E-state index < -0.39 is 0 Å². The molecular formula is C23H15NO5. The lowest BCUT2D eigenvalue weighted by Crippen LogP contribution is -2.06. The number of aromatic hydroxyl groups is 1. The Morgan fingerprint density at radius 3 is 2.55 bits per heavy atom. The molecule has 0 atom stereocenters. The summed E-state index contributed by atoms with van der Waals surface area (Å²) in [4.78, 5) is 28.8. The summed E-state index contributed by atoms with van der Waals surface area (Å²) in [6.07, 6.45) is 0. The second-order valence-electron chi connectivity index (χ2n) is 6.76. The summed E-state index contributed by atoms with van der Waals surface area (Å²) >= 11 is 0. The molecule has 142 valence electrons. The molecule has 2 heterocycles. The van der Waals surface area contributed by atoms with Crippen molar-refractivity contribution in [1.29, 1.82) is 0 Å². The van der Waals surface area contributed by atoms with Crippen LogP contribution in [0, 0.1) is 0 Å². The maximum atomic E-state index is 12.8. The summed E-state index contributed by atoms with van der Waals surface area (Å²) in [6.45, 7) is 0. The van der Waals surface area contributed by atoms with Gasteiger partial charge in [-0.3, -0.25) is 9.59 Å². The minimum atomic E-state index is -0.261. The summed E-state index contributed by atoms with van der Waals surface area (Å²) in [5, 5.41) is 11.1. The highest BCUT2D eigenvalue weighted by atomic mass is 16.5. The van der Waals surface area contributed by atoms with Crippen LogP contribution >= 0.6 is 0 Å². The van der Waals surface area contributed by atoms with Crippen molar-refractivity contribution in [2.75, 3.05) is 7.11 Å². The minimum absolute atomic E-state index is 0.00478. The number of phenolic OH excluding ortho intramolecular Hbond substituents is 1. The fourth-order valence-electron chi connectivity index (χ4n) is 3.55. The van der Waals surface area contributed by atoms with Crippen molar-refractivity contribution in [1.82, 2.24) is 4.98 Å². The molecule has 0 amide bonds. The number of para-hydroxylation sites is 1. The second-order valence-corrected chi connectivity index (χ2v) is 6.76. The van der Waals surface area contributed by atoms with Crippen LogP contribution in [-0.2, 0) is 0 Å². The van der Waals surface area contributed by atoms with Crippen molar-refractivity contribution >= 4 is 32.8 Å². The molecule has 0 bridgehead atoms. The van der Waals surface area contributed by atoms with Gasteiger partial charge in [0.1, 0.15) is 11.3 Å². The summed E-state index contributed by atoms with van der Waals surface area (Å²) in [5.74, 6) is 0.609. The Morgan fingerprint density at radius 2 is 1.72 bits per heavy atom. The lowest BCUT2D eigenvalue weighted by molar-refractivity contribution is 0.373. The first kappa shape index (κ1) is 17.1. The third-order valence-electron chi connectivity index (χ3n) is 5.02. The van der Waals surface area contributed by atoms with Gasteiger partial charge in [-0.2, -0.15) is 0 Å². The molecule has 2 N–H and O–H groups in total. The van der Waals surface area contributed by atoms with Crippen LogP contribution in [0.15, 0.2) is 74.7 Å². The lowest BCUT2D eigenvalue weighted by Gasteiger charge is -2.08. The van der Waals surface area contributed by atoms with Crippen molar-refractivity contribution in [2.24, 2.45) is 0 Å². The molecule has 0 spiro atoms. The molecule has 0 aliphatic heterocycles. The molecule has 0 aliphatic carbocycles. The van der Waals surface area contributed by atoms with Gasteiger partial charge < -0.3 is 19.2 Å². The number of hydrogen-bond donors (Lipinski definition) is 2. The maximum absolute atomic E-state index is 12.8. The predicted molar refractivity (Wildman–Crippen MR) is 112 cm³/mol. The van der Waals surface area contributed by atoms with E-state index >= 15 is 0 Å². The smallest absolute Gasteiger partial charge is 0.197 e. The maximum Gasteiger partial charge on any atom is 0.197 e. The first-order valence-electron chi connectivity index (χ1n) is 8.95. The highest BCUT2D eigenvalue weighted by Crippen LogP contribution is 2.32. The number of aromatic amines is 1. The fraction of sp³-hybridized carbons (Fsp3) is 0.0435. The van der Waals surface area contributed by atoms with Gasteiger partial charge in [-0.1, -0.05) is 12.1 Å². The van der Waals surface area contributed by atoms with Crippen molar-refractivity contribution < 1.29 is 14.3 Å². The molecule has 6 nitrogen and oxygen atoms in total. The number of benzene rings is 3. The van der Waals surface area contributed by atoms with Crippen LogP contribution in [-0.4, -0.2) is 17.2 Å². The van der Waals surface area contributed by atoms with Gasteiger partial charge in [0.2, 0.25) is 0 Å². The van der Waals surface area contributed by atoms with Crippen molar-refractivity contribution in [2.45, 2.75) is 0 Å². The molecule has 6 heteroatoms. The summed E-state index contributed by atoms with van der Waals surface area (Å²) in [5.41, 5.74) is 1.85. The van der Waals surface area contributed by atoms with Crippen molar-refractivity contribution in [3.8, 4) is 22.8 Å². The van der Waals surface area contributed by atoms with E-state index in [2.05, 4.69) is 4.98 Å². The largest absolute Gasteiger partial charge is 0.504 e. The molecule has 0 aliphatic rings. The Bertz CT molecular complexity index is 1550. The van der Waals surface area contributed by atoms with Gasteiger partial charge in [0.25, 0.3) is 0 Å². The van der Waals surface area contributed by atoms with Crippen molar-refractivity contribution in [3.63, 3.8) is 0 Å². The predicted octanol–water partition coefficient (Wildman–Crippen LogP) is 4.17. The third-order valence-corrected chi connectivity index (χ3v) is 5.02. The number of fused-ring (bicyclic) bond motifs is 3. The molecule has 0 fully saturated rings. The second kappa shape index (κ2) is 6.24. The van der Waals surface area contributed by atoms with E-state index in [0.29, 0.717) is 44.1 Å². The molecule has 3 aromatic carbocycles. The third kappa shape index (κ3) is 2.65. The average molecular weight is 385 g/mol. The van der Waals surface area contributed by atoms with Gasteiger partial charge in [0.05, 0.1) is 18.0 Å². The number of pyridine rings is 1. The number of phenols is 1. The fourth-order valence-corrected chi connectivity index (χ4v) is 3.55. The Kier molecular flexibility index (Phi) is 3.67. The highest BCUT2D eigenvalue weighted by Gasteiger charge is 2.13. The number of aromatic nitrogens is 1. The summed E-state index contributed by atoms with van der Waals surface area (Å²) < 4.78 is 11.1. The number of H-pyrrole nitrogens is 1. The summed E-state index contributed by atoms with van der Waals surface area (Å²) in [6, 6.07) is 16.5. The van der Waals surface area contributed by atoms with E-state index in [1.165, 1.54) is 19.2 Å². The molecule has 29 heavy (non-hydrogen) atoms. The van der Waals surface area contributed by atoms with Gasteiger partial charge in [0, 0.05) is 34.0 Å². The molecular weight excluding hydrogens is 370 g/mol. The van der Waals surface area contributed by atoms with Crippen molar-refractivity contribution in [3.05, 3.63) is 81.1 Å². The quantitative estimate of drug-likeness (QED) is 0.445. The Balaban J connectivity index is 1.80. The SMILES string of the molecule is COc1cc(-c2cc(=O)c3cc4c(=O)c5ccccc5[nH]c4cc3o2)ccc1O. The molecule has 0 radical (unpaired) electrons. The van der Waals surface area contributed by atoms with E-state index in [1.54, 1.807) is 36.4 Å². The van der Waals surface area contributed by atoms with Gasteiger partial charge in [-0.05, 0) is 36.4 Å². The minimum Gasteiger partial charge on any atom is -0.504 e. The number of hydrogen-bond acceptors (Lipinski definition) is 5. The Morgan fingerprint density at radius 1 is 0.897 bits per heavy atom. The molecule has 5 aromatic rings. The average Bonchev–Trinajstić information content (AvgIpc) is 2.73. The standard InChI is InChI=1S/C23H15NO5/c1-28-22-8-12(6-7-18(22)25)20-11-19(26)15-9-14-17(10-21(15)29-20)24-16-5-3-2-4-13(16)23(14)27/h2-11,25H,1H3,(H,24,27). The summed E-state index contributed by atoms with van der Waals surface area (Å²) in [7, 11) is 1.45. The number of ether oxygens (including phenoxy) is 1. The van der Waals surface area contributed by atoms with E-state index in [4.69, 9.17) is 9.15 Å². The van der Waals surface area contributed by atoms with Gasteiger partial charge in [-0.15, -0.1) is 0 Å². The Hall–Kier alpha value is -4.06. The number of rotatable bonds is 2. The number of methoxy groups -OCH3 is 1. The van der Waals surface area contributed by atoms with Gasteiger partial charge >= 0.3 is 0 Å². The zero-order chi connectivity index (χ0) is 20.1.